The summed E-state index contributed by atoms with van der Waals surface area (Å²) in [6.07, 6.45) is -2.72. The second-order valence-corrected chi connectivity index (χ2v) is 6.47. The van der Waals surface area contributed by atoms with Gasteiger partial charge in [0.05, 0.1) is 5.56 Å². The van der Waals surface area contributed by atoms with Crippen LogP contribution in [-0.2, 0) is 6.18 Å². The molecular formula is C16H21F4N. The van der Waals surface area contributed by atoms with Gasteiger partial charge in [-0.05, 0) is 48.4 Å². The second kappa shape index (κ2) is 5.59. The molecule has 1 aromatic carbocycles. The summed E-state index contributed by atoms with van der Waals surface area (Å²) >= 11 is 0. The van der Waals surface area contributed by atoms with E-state index in [0.717, 1.165) is 31.5 Å². The summed E-state index contributed by atoms with van der Waals surface area (Å²) in [4.78, 5) is 0. The number of rotatable bonds is 5. The summed E-state index contributed by atoms with van der Waals surface area (Å²) in [5, 5.41) is 3.34. The molecule has 1 nitrogen and oxygen atoms in total. The van der Waals surface area contributed by atoms with E-state index in [1.165, 1.54) is 6.07 Å². The maximum atomic E-state index is 13.8. The zero-order valence-corrected chi connectivity index (χ0v) is 12.5. The molecule has 1 aliphatic rings. The molecule has 2 unspecified atom stereocenters. The van der Waals surface area contributed by atoms with Crippen LogP contribution < -0.4 is 5.32 Å². The number of nitrogens with one attached hydrogen (secondary N) is 1. The number of benzene rings is 1. The van der Waals surface area contributed by atoms with Gasteiger partial charge in [0.2, 0.25) is 0 Å². The van der Waals surface area contributed by atoms with Crippen LogP contribution >= 0.6 is 0 Å². The molecule has 1 saturated carbocycles. The van der Waals surface area contributed by atoms with Gasteiger partial charge in [0, 0.05) is 6.04 Å². The summed E-state index contributed by atoms with van der Waals surface area (Å²) < 4.78 is 51.6. The van der Waals surface area contributed by atoms with E-state index in [4.69, 9.17) is 0 Å². The van der Waals surface area contributed by atoms with E-state index in [9.17, 15) is 17.6 Å². The first-order valence-electron chi connectivity index (χ1n) is 7.27. The SMILES string of the molecule is CCCNC(c1ccc(C(F)(F)F)c(F)c1)C1CC1(C)C. The standard InChI is InChI=1S/C16H21F4N/c1-4-7-21-14(12-9-15(12,2)3)10-5-6-11(13(17)8-10)16(18,19)20/h5-6,8,12,14,21H,4,7,9H2,1-3H3. The van der Waals surface area contributed by atoms with Gasteiger partial charge in [0.15, 0.2) is 0 Å². The minimum Gasteiger partial charge on any atom is -0.310 e. The fraction of sp³-hybridized carbons (Fsp3) is 0.625. The molecule has 0 heterocycles. The van der Waals surface area contributed by atoms with E-state index >= 15 is 0 Å². The molecule has 0 aliphatic heterocycles. The topological polar surface area (TPSA) is 12.0 Å². The Bertz CT molecular complexity index is 507. The fourth-order valence-corrected chi connectivity index (χ4v) is 2.82. The maximum absolute atomic E-state index is 13.8. The summed E-state index contributed by atoms with van der Waals surface area (Å²) in [5.41, 5.74) is -0.440. The lowest BCUT2D eigenvalue weighted by Crippen LogP contribution is -2.25. The Morgan fingerprint density at radius 1 is 1.33 bits per heavy atom. The number of hydrogen-bond acceptors (Lipinski definition) is 1. The first kappa shape index (κ1) is 16.3. The van der Waals surface area contributed by atoms with Crippen LogP contribution in [0.2, 0.25) is 0 Å². The summed E-state index contributed by atoms with van der Waals surface area (Å²) in [5.74, 6) is -0.859. The average molecular weight is 303 g/mol. The third-order valence-electron chi connectivity index (χ3n) is 4.26. The van der Waals surface area contributed by atoms with Crippen LogP contribution in [-0.4, -0.2) is 6.54 Å². The molecule has 1 fully saturated rings. The quantitative estimate of drug-likeness (QED) is 0.760. The molecule has 1 N–H and O–H groups in total. The molecule has 0 bridgehead atoms. The van der Waals surface area contributed by atoms with Crippen LogP contribution in [0, 0.1) is 17.2 Å². The Labute approximate surface area is 122 Å². The molecular weight excluding hydrogens is 282 g/mol. The van der Waals surface area contributed by atoms with Crippen LogP contribution in [0.3, 0.4) is 0 Å². The number of halogens is 4. The number of hydrogen-bond donors (Lipinski definition) is 1. The summed E-state index contributed by atoms with van der Waals surface area (Å²) in [6.45, 7) is 7.03. The molecule has 1 aromatic rings. The first-order valence-corrected chi connectivity index (χ1v) is 7.27. The minimum absolute atomic E-state index is 0.0864. The minimum atomic E-state index is -4.65. The van der Waals surface area contributed by atoms with Gasteiger partial charge in [-0.3, -0.25) is 0 Å². The molecule has 0 radical (unpaired) electrons. The Hall–Kier alpha value is -1.10. The van der Waals surface area contributed by atoms with E-state index in [2.05, 4.69) is 19.2 Å². The maximum Gasteiger partial charge on any atom is 0.419 e. The van der Waals surface area contributed by atoms with Crippen molar-refractivity contribution in [2.24, 2.45) is 11.3 Å². The molecule has 0 spiro atoms. The van der Waals surface area contributed by atoms with Gasteiger partial charge < -0.3 is 5.32 Å². The zero-order valence-electron chi connectivity index (χ0n) is 12.5. The first-order chi connectivity index (χ1) is 9.66. The molecule has 1 aliphatic carbocycles. The van der Waals surface area contributed by atoms with Gasteiger partial charge in [0.1, 0.15) is 5.82 Å². The van der Waals surface area contributed by atoms with Gasteiger partial charge in [-0.2, -0.15) is 13.2 Å². The third-order valence-corrected chi connectivity index (χ3v) is 4.26. The molecule has 0 aromatic heterocycles. The smallest absolute Gasteiger partial charge is 0.310 e. The van der Waals surface area contributed by atoms with Gasteiger partial charge in [0.25, 0.3) is 0 Å². The molecule has 5 heteroatoms. The van der Waals surface area contributed by atoms with Crippen molar-refractivity contribution in [3.8, 4) is 0 Å². The zero-order chi connectivity index (χ0) is 15.8. The predicted molar refractivity (Wildman–Crippen MR) is 74.3 cm³/mol. The van der Waals surface area contributed by atoms with Crippen LogP contribution in [0.25, 0.3) is 0 Å². The fourth-order valence-electron chi connectivity index (χ4n) is 2.82. The van der Waals surface area contributed by atoms with Crippen LogP contribution in [0.15, 0.2) is 18.2 Å². The van der Waals surface area contributed by atoms with Crippen molar-refractivity contribution < 1.29 is 17.6 Å². The van der Waals surface area contributed by atoms with E-state index in [1.54, 1.807) is 0 Å². The van der Waals surface area contributed by atoms with Gasteiger partial charge in [-0.25, -0.2) is 4.39 Å². The molecule has 118 valence electrons. The second-order valence-electron chi connectivity index (χ2n) is 6.47. The van der Waals surface area contributed by atoms with Gasteiger partial charge in [-0.15, -0.1) is 0 Å². The normalized spacial score (nSPS) is 22.1. The molecule has 0 saturated heterocycles. The monoisotopic (exact) mass is 303 g/mol. The van der Waals surface area contributed by atoms with Crippen molar-refractivity contribution in [2.45, 2.75) is 45.8 Å². The highest BCUT2D eigenvalue weighted by Crippen LogP contribution is 2.57. The van der Waals surface area contributed by atoms with E-state index in [1.807, 2.05) is 6.92 Å². The Balaban J connectivity index is 2.27. The van der Waals surface area contributed by atoms with Crippen molar-refractivity contribution in [1.29, 1.82) is 0 Å². The van der Waals surface area contributed by atoms with E-state index in [-0.39, 0.29) is 11.5 Å². The van der Waals surface area contributed by atoms with Crippen LogP contribution in [0.1, 0.15) is 50.8 Å². The Morgan fingerprint density at radius 3 is 2.38 bits per heavy atom. The highest BCUT2D eigenvalue weighted by molar-refractivity contribution is 5.30. The molecule has 2 atom stereocenters. The lowest BCUT2D eigenvalue weighted by atomic mass is 9.95. The lowest BCUT2D eigenvalue weighted by molar-refractivity contribution is -0.140. The Kier molecular flexibility index (Phi) is 4.34. The third kappa shape index (κ3) is 3.57. The number of alkyl halides is 3. The van der Waals surface area contributed by atoms with Crippen molar-refractivity contribution in [3.63, 3.8) is 0 Å². The lowest BCUT2D eigenvalue weighted by Gasteiger charge is -2.21. The van der Waals surface area contributed by atoms with Gasteiger partial charge >= 0.3 is 6.18 Å². The summed E-state index contributed by atoms with van der Waals surface area (Å²) in [7, 11) is 0. The molecule has 2 rings (SSSR count). The molecule has 21 heavy (non-hydrogen) atoms. The molecule has 0 amide bonds. The Morgan fingerprint density at radius 2 is 1.95 bits per heavy atom. The highest BCUT2D eigenvalue weighted by Gasteiger charge is 2.50. The van der Waals surface area contributed by atoms with Crippen LogP contribution in [0.4, 0.5) is 17.6 Å². The van der Waals surface area contributed by atoms with Crippen molar-refractivity contribution >= 4 is 0 Å². The largest absolute Gasteiger partial charge is 0.419 e. The summed E-state index contributed by atoms with van der Waals surface area (Å²) in [6, 6.07) is 3.19. The van der Waals surface area contributed by atoms with Crippen molar-refractivity contribution in [1.82, 2.24) is 5.32 Å². The van der Waals surface area contributed by atoms with Crippen molar-refractivity contribution in [3.05, 3.63) is 35.1 Å². The van der Waals surface area contributed by atoms with Gasteiger partial charge in [-0.1, -0.05) is 26.8 Å². The van der Waals surface area contributed by atoms with Crippen molar-refractivity contribution in [2.75, 3.05) is 6.54 Å². The van der Waals surface area contributed by atoms with Crippen LogP contribution in [0.5, 0.6) is 0 Å². The van der Waals surface area contributed by atoms with E-state index in [0.29, 0.717) is 11.5 Å². The predicted octanol–water partition coefficient (Wildman–Crippen LogP) is 4.93. The average Bonchev–Trinajstić information content (AvgIpc) is 2.97. The van der Waals surface area contributed by atoms with E-state index < -0.39 is 17.6 Å². The highest BCUT2D eigenvalue weighted by atomic mass is 19.4.